The van der Waals surface area contributed by atoms with E-state index in [0.29, 0.717) is 12.6 Å². The molecule has 3 heteroatoms. The van der Waals surface area contributed by atoms with Gasteiger partial charge in [-0.3, -0.25) is 4.79 Å². The highest BCUT2D eigenvalue weighted by molar-refractivity contribution is 7.12. The number of hydrogen-bond donors (Lipinski definition) is 0. The molecule has 3 rings (SSSR count). The first-order valence-corrected chi connectivity index (χ1v) is 7.82. The van der Waals surface area contributed by atoms with E-state index in [9.17, 15) is 4.79 Å². The fourth-order valence-electron chi connectivity index (χ4n) is 3.02. The molecule has 0 saturated heterocycles. The Bertz CT molecular complexity index is 659. The van der Waals surface area contributed by atoms with E-state index in [4.69, 9.17) is 0 Å². The summed E-state index contributed by atoms with van der Waals surface area (Å²) in [6.45, 7) is 6.77. The number of nitrogens with zero attached hydrogens (tertiary/aromatic N) is 1. The molecule has 2 heterocycles. The van der Waals surface area contributed by atoms with E-state index in [-0.39, 0.29) is 5.78 Å². The maximum absolute atomic E-state index is 12.6. The van der Waals surface area contributed by atoms with E-state index >= 15 is 0 Å². The minimum Gasteiger partial charge on any atom is -0.361 e. The van der Waals surface area contributed by atoms with E-state index < -0.39 is 0 Å². The smallest absolute Gasteiger partial charge is 0.183 e. The van der Waals surface area contributed by atoms with Crippen LogP contribution < -0.4 is 4.90 Å². The Morgan fingerprint density at radius 3 is 2.80 bits per heavy atom. The first kappa shape index (κ1) is 13.4. The lowest BCUT2D eigenvalue weighted by Gasteiger charge is -2.24. The van der Waals surface area contributed by atoms with Crippen molar-refractivity contribution in [3.8, 4) is 0 Å². The van der Waals surface area contributed by atoms with Crippen molar-refractivity contribution in [1.82, 2.24) is 0 Å². The summed E-state index contributed by atoms with van der Waals surface area (Å²) < 4.78 is 0. The van der Waals surface area contributed by atoms with E-state index in [1.807, 2.05) is 19.1 Å². The summed E-state index contributed by atoms with van der Waals surface area (Å²) >= 11 is 1.70. The maximum Gasteiger partial charge on any atom is 0.183 e. The molecule has 0 fully saturated rings. The van der Waals surface area contributed by atoms with Crippen molar-refractivity contribution in [2.75, 3.05) is 11.4 Å². The Hall–Kier alpha value is -1.61. The molecule has 1 aliphatic heterocycles. The van der Waals surface area contributed by atoms with Gasteiger partial charge in [0.15, 0.2) is 5.78 Å². The van der Waals surface area contributed by atoms with Crippen LogP contribution in [0.4, 0.5) is 5.69 Å². The number of thiophene rings is 1. The maximum atomic E-state index is 12.6. The lowest BCUT2D eigenvalue weighted by molar-refractivity contribution is 0.0997. The molecule has 20 heavy (non-hydrogen) atoms. The third-order valence-electron chi connectivity index (χ3n) is 4.00. The molecule has 0 aliphatic carbocycles. The third kappa shape index (κ3) is 2.27. The number of carbonyl (C=O) groups is 1. The summed E-state index contributed by atoms with van der Waals surface area (Å²) in [5.41, 5.74) is 3.47. The second kappa shape index (κ2) is 5.06. The fourth-order valence-corrected chi connectivity index (χ4v) is 3.96. The molecule has 1 unspecified atom stereocenters. The monoisotopic (exact) mass is 285 g/mol. The topological polar surface area (TPSA) is 20.3 Å². The number of anilines is 1. The summed E-state index contributed by atoms with van der Waals surface area (Å²) in [6.07, 6.45) is 1.03. The molecule has 1 aromatic carbocycles. The van der Waals surface area contributed by atoms with Crippen LogP contribution in [0.25, 0.3) is 0 Å². The number of rotatable bonds is 3. The number of benzene rings is 1. The van der Waals surface area contributed by atoms with Gasteiger partial charge in [-0.05, 0) is 44.9 Å². The van der Waals surface area contributed by atoms with Crippen LogP contribution in [-0.2, 0) is 6.42 Å². The molecule has 0 spiro atoms. The van der Waals surface area contributed by atoms with Gasteiger partial charge in [-0.1, -0.05) is 18.2 Å². The second-order valence-corrected chi connectivity index (χ2v) is 7.02. The zero-order chi connectivity index (χ0) is 14.3. The molecule has 0 bridgehead atoms. The summed E-state index contributed by atoms with van der Waals surface area (Å²) in [5, 5.41) is 0. The van der Waals surface area contributed by atoms with Crippen molar-refractivity contribution in [1.29, 1.82) is 0 Å². The average molecular weight is 285 g/mol. The minimum absolute atomic E-state index is 0.232. The highest BCUT2D eigenvalue weighted by Gasteiger charge is 2.27. The number of hydrogen-bond acceptors (Lipinski definition) is 3. The molecule has 1 aromatic heterocycles. The zero-order valence-corrected chi connectivity index (χ0v) is 13.0. The first-order chi connectivity index (χ1) is 9.56. The van der Waals surface area contributed by atoms with Crippen LogP contribution in [0.5, 0.6) is 0 Å². The van der Waals surface area contributed by atoms with Crippen molar-refractivity contribution < 1.29 is 4.79 Å². The predicted octanol–water partition coefficient (Wildman–Crippen LogP) is 4.00. The molecule has 2 nitrogen and oxygen atoms in total. The highest BCUT2D eigenvalue weighted by Crippen LogP contribution is 2.32. The molecular formula is C17H19NOS. The SMILES string of the molecule is Cc1cc(C(=O)CN2c3ccccc3CC2C)c(C)s1. The van der Waals surface area contributed by atoms with Crippen molar-refractivity contribution >= 4 is 22.8 Å². The van der Waals surface area contributed by atoms with Crippen LogP contribution >= 0.6 is 11.3 Å². The predicted molar refractivity (Wildman–Crippen MR) is 85.1 cm³/mol. The lowest BCUT2D eigenvalue weighted by Crippen LogP contribution is -2.34. The van der Waals surface area contributed by atoms with Crippen LogP contribution in [0.15, 0.2) is 30.3 Å². The van der Waals surface area contributed by atoms with Gasteiger partial charge in [-0.15, -0.1) is 11.3 Å². The Labute approximate surface area is 124 Å². The van der Waals surface area contributed by atoms with Gasteiger partial charge in [0, 0.05) is 27.0 Å². The van der Waals surface area contributed by atoms with Gasteiger partial charge in [-0.2, -0.15) is 0 Å². The molecule has 0 amide bonds. The van der Waals surface area contributed by atoms with Gasteiger partial charge in [-0.25, -0.2) is 0 Å². The van der Waals surface area contributed by atoms with Gasteiger partial charge in [0.05, 0.1) is 6.54 Å². The molecule has 1 atom stereocenters. The molecular weight excluding hydrogens is 266 g/mol. The summed E-state index contributed by atoms with van der Waals surface area (Å²) in [5.74, 6) is 0.232. The Kier molecular flexibility index (Phi) is 3.38. The van der Waals surface area contributed by atoms with Gasteiger partial charge >= 0.3 is 0 Å². The lowest BCUT2D eigenvalue weighted by atomic mass is 10.1. The van der Waals surface area contributed by atoms with Crippen LogP contribution in [0, 0.1) is 13.8 Å². The average Bonchev–Trinajstić information content (AvgIpc) is 2.90. The normalized spacial score (nSPS) is 17.4. The summed E-state index contributed by atoms with van der Waals surface area (Å²) in [7, 11) is 0. The summed E-state index contributed by atoms with van der Waals surface area (Å²) in [4.78, 5) is 17.1. The zero-order valence-electron chi connectivity index (χ0n) is 12.1. The van der Waals surface area contributed by atoms with E-state index in [1.165, 1.54) is 16.1 Å². The molecule has 1 aliphatic rings. The number of Topliss-reactive ketones (excluding diaryl/α,β-unsaturated/α-hetero) is 1. The Morgan fingerprint density at radius 2 is 2.10 bits per heavy atom. The third-order valence-corrected chi connectivity index (χ3v) is 4.97. The molecule has 2 aromatic rings. The molecule has 104 valence electrons. The quantitative estimate of drug-likeness (QED) is 0.794. The summed E-state index contributed by atoms with van der Waals surface area (Å²) in [6, 6.07) is 10.8. The number of ketones is 1. The van der Waals surface area contributed by atoms with Crippen molar-refractivity contribution in [3.05, 3.63) is 51.2 Å². The van der Waals surface area contributed by atoms with Crippen LogP contribution in [0.3, 0.4) is 0 Å². The van der Waals surface area contributed by atoms with Crippen molar-refractivity contribution in [2.45, 2.75) is 33.2 Å². The van der Waals surface area contributed by atoms with Crippen molar-refractivity contribution in [3.63, 3.8) is 0 Å². The Balaban J connectivity index is 1.85. The molecule has 0 radical (unpaired) electrons. The number of aryl methyl sites for hydroxylation is 2. The van der Waals surface area contributed by atoms with Gasteiger partial charge in [0.25, 0.3) is 0 Å². The Morgan fingerprint density at radius 1 is 1.35 bits per heavy atom. The van der Waals surface area contributed by atoms with Gasteiger partial charge < -0.3 is 4.90 Å². The van der Waals surface area contributed by atoms with E-state index in [1.54, 1.807) is 11.3 Å². The van der Waals surface area contributed by atoms with Gasteiger partial charge in [0.1, 0.15) is 0 Å². The number of para-hydroxylation sites is 1. The number of fused-ring (bicyclic) bond motifs is 1. The van der Waals surface area contributed by atoms with Crippen LogP contribution in [-0.4, -0.2) is 18.4 Å². The fraction of sp³-hybridized carbons (Fsp3) is 0.353. The van der Waals surface area contributed by atoms with Crippen molar-refractivity contribution in [2.24, 2.45) is 0 Å². The van der Waals surface area contributed by atoms with Crippen LogP contribution in [0.1, 0.15) is 32.6 Å². The van der Waals surface area contributed by atoms with Gasteiger partial charge in [0.2, 0.25) is 0 Å². The van der Waals surface area contributed by atoms with Crippen LogP contribution in [0.2, 0.25) is 0 Å². The van der Waals surface area contributed by atoms with E-state index in [0.717, 1.165) is 16.9 Å². The minimum atomic E-state index is 0.232. The largest absolute Gasteiger partial charge is 0.361 e. The number of carbonyl (C=O) groups excluding carboxylic acids is 1. The molecule has 0 saturated carbocycles. The van der Waals surface area contributed by atoms with E-state index in [2.05, 4.69) is 36.9 Å². The second-order valence-electron chi connectivity index (χ2n) is 5.56. The standard InChI is InChI=1S/C17H19NOS/c1-11-8-14-6-4-5-7-16(14)18(11)10-17(19)15-9-12(2)20-13(15)3/h4-7,9,11H,8,10H2,1-3H3. The highest BCUT2D eigenvalue weighted by atomic mass is 32.1. The molecule has 0 N–H and O–H groups in total. The first-order valence-electron chi connectivity index (χ1n) is 7.01.